The number of carbonyl (C=O) groups excluding carboxylic acids is 1. The topological polar surface area (TPSA) is 35.5 Å². The first-order chi connectivity index (χ1) is 15.0. The Hall–Kier alpha value is -2.75. The number of hydrogen-bond acceptors (Lipinski definition) is 3. The van der Waals surface area contributed by atoms with Crippen molar-refractivity contribution in [3.8, 4) is 11.5 Å². The minimum Gasteiger partial charge on any atom is -0.461 e. The zero-order chi connectivity index (χ0) is 21.8. The second-order valence-corrected chi connectivity index (χ2v) is 8.79. The maximum Gasteiger partial charge on any atom is 0.310 e. The molecular weight excluding hydrogens is 431 g/mol. The molecule has 0 aromatic heterocycles. The van der Waals surface area contributed by atoms with Gasteiger partial charge in [-0.15, -0.1) is 0 Å². The molecule has 0 heterocycles. The summed E-state index contributed by atoms with van der Waals surface area (Å²) in [4.78, 5) is 13.0. The van der Waals surface area contributed by atoms with Crippen molar-refractivity contribution in [2.45, 2.75) is 18.9 Å². The van der Waals surface area contributed by atoms with Gasteiger partial charge in [-0.05, 0) is 41.5 Å². The van der Waals surface area contributed by atoms with Crippen molar-refractivity contribution >= 4 is 29.2 Å². The van der Waals surface area contributed by atoms with E-state index in [1.165, 1.54) is 0 Å². The van der Waals surface area contributed by atoms with Gasteiger partial charge in [-0.3, -0.25) is 4.79 Å². The number of benzene rings is 3. The number of hydrogen-bond donors (Lipinski definition) is 0. The normalized spacial score (nSPS) is 21.8. The summed E-state index contributed by atoms with van der Waals surface area (Å²) in [5.74, 6) is 0.721. The van der Waals surface area contributed by atoms with Crippen LogP contribution in [0.5, 0.6) is 11.5 Å². The van der Waals surface area contributed by atoms with E-state index in [0.717, 1.165) is 16.9 Å². The van der Waals surface area contributed by atoms with Crippen LogP contribution in [0, 0.1) is 11.8 Å². The Morgan fingerprint density at radius 1 is 0.935 bits per heavy atom. The highest BCUT2D eigenvalue weighted by Crippen LogP contribution is 2.61. The molecule has 31 heavy (non-hydrogen) atoms. The second kappa shape index (κ2) is 9.17. The van der Waals surface area contributed by atoms with Crippen molar-refractivity contribution in [2.24, 2.45) is 11.8 Å². The number of esters is 1. The highest BCUT2D eigenvalue weighted by atomic mass is 35.5. The summed E-state index contributed by atoms with van der Waals surface area (Å²) in [5.41, 5.74) is 1.52. The molecule has 1 aliphatic rings. The molecule has 3 unspecified atom stereocenters. The Balaban J connectivity index is 1.45. The van der Waals surface area contributed by atoms with Gasteiger partial charge in [0.25, 0.3) is 0 Å². The predicted octanol–water partition coefficient (Wildman–Crippen LogP) is 7.05. The van der Waals surface area contributed by atoms with Gasteiger partial charge in [0.15, 0.2) is 0 Å². The molecule has 158 valence electrons. The lowest BCUT2D eigenvalue weighted by Gasteiger charge is -2.12. The molecule has 3 nitrogen and oxygen atoms in total. The van der Waals surface area contributed by atoms with Crippen LogP contribution in [-0.2, 0) is 21.6 Å². The van der Waals surface area contributed by atoms with E-state index in [0.29, 0.717) is 5.75 Å². The fourth-order valence-electron chi connectivity index (χ4n) is 4.08. The predicted molar refractivity (Wildman–Crippen MR) is 123 cm³/mol. The Kier molecular flexibility index (Phi) is 6.35. The van der Waals surface area contributed by atoms with Crippen molar-refractivity contribution in [1.82, 2.24) is 0 Å². The summed E-state index contributed by atoms with van der Waals surface area (Å²) in [7, 11) is 0. The van der Waals surface area contributed by atoms with Crippen LogP contribution < -0.4 is 4.74 Å². The quantitative estimate of drug-likeness (QED) is 0.360. The van der Waals surface area contributed by atoms with E-state index in [4.69, 9.17) is 32.7 Å². The first kappa shape index (κ1) is 21.5. The summed E-state index contributed by atoms with van der Waals surface area (Å²) >= 11 is 11.8. The van der Waals surface area contributed by atoms with Gasteiger partial charge in [0.05, 0.1) is 5.92 Å². The average Bonchev–Trinajstić information content (AvgIpc) is 3.37. The van der Waals surface area contributed by atoms with Crippen LogP contribution in [0.3, 0.4) is 0 Å². The number of allylic oxidation sites excluding steroid dienone is 1. The van der Waals surface area contributed by atoms with Crippen molar-refractivity contribution in [1.29, 1.82) is 0 Å². The number of halogens is 2. The van der Waals surface area contributed by atoms with Gasteiger partial charge in [0.2, 0.25) is 0 Å². The van der Waals surface area contributed by atoms with Crippen molar-refractivity contribution in [2.75, 3.05) is 0 Å². The van der Waals surface area contributed by atoms with Crippen LogP contribution in [0.4, 0.5) is 0 Å². The van der Waals surface area contributed by atoms with Crippen LogP contribution in [-0.4, -0.2) is 5.97 Å². The summed E-state index contributed by atoms with van der Waals surface area (Å²) in [6.45, 7) is 2.21. The largest absolute Gasteiger partial charge is 0.461 e. The molecule has 0 amide bonds. The molecule has 1 fully saturated rings. The molecule has 5 heteroatoms. The third-order valence-electron chi connectivity index (χ3n) is 5.80. The van der Waals surface area contributed by atoms with E-state index in [2.05, 4.69) is 0 Å². The SMILES string of the molecule is CC1(c2ccccc2)C(C=C(Cl)Cl)C1C(=O)OCc1cccc(Oc2ccccc2)c1. The van der Waals surface area contributed by atoms with E-state index in [9.17, 15) is 4.79 Å². The van der Waals surface area contributed by atoms with Gasteiger partial charge in [0, 0.05) is 11.3 Å². The lowest BCUT2D eigenvalue weighted by atomic mass is 9.94. The summed E-state index contributed by atoms with van der Waals surface area (Å²) in [6.07, 6.45) is 1.73. The molecule has 0 aliphatic heterocycles. The Morgan fingerprint density at radius 2 is 1.58 bits per heavy atom. The van der Waals surface area contributed by atoms with E-state index in [1.807, 2.05) is 91.9 Å². The van der Waals surface area contributed by atoms with Crippen LogP contribution in [0.15, 0.2) is 95.5 Å². The second-order valence-electron chi connectivity index (χ2n) is 7.78. The minimum atomic E-state index is -0.397. The molecule has 3 atom stereocenters. The zero-order valence-corrected chi connectivity index (χ0v) is 18.5. The van der Waals surface area contributed by atoms with Gasteiger partial charge >= 0.3 is 5.97 Å². The average molecular weight is 453 g/mol. The first-order valence-corrected chi connectivity index (χ1v) is 10.8. The lowest BCUT2D eigenvalue weighted by Crippen LogP contribution is -2.14. The Morgan fingerprint density at radius 3 is 2.26 bits per heavy atom. The molecule has 0 radical (unpaired) electrons. The zero-order valence-electron chi connectivity index (χ0n) is 17.0. The van der Waals surface area contributed by atoms with Gasteiger partial charge in [0.1, 0.15) is 22.6 Å². The van der Waals surface area contributed by atoms with Gasteiger partial charge in [-0.2, -0.15) is 0 Å². The number of rotatable bonds is 7. The van der Waals surface area contributed by atoms with E-state index in [1.54, 1.807) is 6.08 Å². The maximum absolute atomic E-state index is 13.0. The number of carbonyl (C=O) groups is 1. The van der Waals surface area contributed by atoms with E-state index >= 15 is 0 Å². The molecule has 0 saturated heterocycles. The van der Waals surface area contributed by atoms with Crippen molar-refractivity contribution in [3.63, 3.8) is 0 Å². The first-order valence-electron chi connectivity index (χ1n) is 10.1. The molecule has 0 N–H and O–H groups in total. The molecule has 3 aromatic rings. The smallest absolute Gasteiger partial charge is 0.310 e. The molecule has 1 aliphatic carbocycles. The Labute approximate surface area is 192 Å². The van der Waals surface area contributed by atoms with Crippen LogP contribution in [0.25, 0.3) is 0 Å². The van der Waals surface area contributed by atoms with Crippen LogP contribution in [0.1, 0.15) is 18.1 Å². The highest BCUT2D eigenvalue weighted by molar-refractivity contribution is 6.55. The van der Waals surface area contributed by atoms with Crippen molar-refractivity contribution < 1.29 is 14.3 Å². The number of para-hydroxylation sites is 1. The van der Waals surface area contributed by atoms with Crippen molar-refractivity contribution in [3.05, 3.63) is 107 Å². The highest BCUT2D eigenvalue weighted by Gasteiger charge is 2.65. The standard InChI is InChI=1S/C26H22Cl2O3/c1-26(19-10-4-2-5-11-19)22(16-23(27)28)24(26)25(29)30-17-18-9-8-14-21(15-18)31-20-12-6-3-7-13-20/h2-16,22,24H,17H2,1H3. The molecule has 0 spiro atoms. The molecule has 4 rings (SSSR count). The minimum absolute atomic E-state index is 0.111. The van der Waals surface area contributed by atoms with Gasteiger partial charge in [-0.25, -0.2) is 0 Å². The third-order valence-corrected chi connectivity index (χ3v) is 6.05. The Bertz CT molecular complexity index is 1080. The molecule has 3 aromatic carbocycles. The summed E-state index contributed by atoms with van der Waals surface area (Å²) in [6, 6.07) is 27.0. The lowest BCUT2D eigenvalue weighted by molar-refractivity contribution is -0.147. The van der Waals surface area contributed by atoms with Crippen LogP contribution in [0.2, 0.25) is 0 Å². The van der Waals surface area contributed by atoms with Gasteiger partial charge < -0.3 is 9.47 Å². The van der Waals surface area contributed by atoms with Crippen LogP contribution >= 0.6 is 23.2 Å². The third kappa shape index (κ3) is 4.79. The van der Waals surface area contributed by atoms with Gasteiger partial charge in [-0.1, -0.05) is 90.8 Å². The monoisotopic (exact) mass is 452 g/mol. The fourth-order valence-corrected chi connectivity index (χ4v) is 4.35. The molecule has 1 saturated carbocycles. The van der Waals surface area contributed by atoms with E-state index in [-0.39, 0.29) is 28.9 Å². The fraction of sp³-hybridized carbons (Fsp3) is 0.192. The maximum atomic E-state index is 13.0. The summed E-state index contributed by atoms with van der Waals surface area (Å²) in [5, 5.41) is 0. The molecular formula is C26H22Cl2O3. The van der Waals surface area contributed by atoms with E-state index < -0.39 is 5.41 Å². The number of ether oxygens (including phenoxy) is 2. The summed E-state index contributed by atoms with van der Waals surface area (Å²) < 4.78 is 11.7. The molecule has 0 bridgehead atoms.